The fraction of sp³-hybridized carbons (Fsp3) is 0.640. The first-order valence-corrected chi connectivity index (χ1v) is 12.4. The lowest BCUT2D eigenvalue weighted by Crippen LogP contribution is -2.42. The second-order valence-electron chi connectivity index (χ2n) is 9.61. The highest BCUT2D eigenvalue weighted by Gasteiger charge is 2.25. The molecule has 2 aromatic rings. The largest absolute Gasteiger partial charge is 0.481 e. The summed E-state index contributed by atoms with van der Waals surface area (Å²) >= 11 is 0. The van der Waals surface area contributed by atoms with E-state index >= 15 is 4.39 Å². The number of carboxylic acid groups (broad SMARTS) is 1. The van der Waals surface area contributed by atoms with Crippen molar-refractivity contribution >= 4 is 22.6 Å². The van der Waals surface area contributed by atoms with Crippen LogP contribution >= 0.6 is 0 Å². The Labute approximate surface area is 192 Å². The minimum Gasteiger partial charge on any atom is -0.481 e. The van der Waals surface area contributed by atoms with E-state index in [-0.39, 0.29) is 30.4 Å². The topological polar surface area (TPSA) is 93.3 Å². The van der Waals surface area contributed by atoms with E-state index in [1.54, 1.807) is 17.6 Å². The normalized spacial score (nSPS) is 18.6. The van der Waals surface area contributed by atoms with Crippen molar-refractivity contribution in [2.45, 2.75) is 96.2 Å². The molecule has 0 aliphatic heterocycles. The number of fused-ring (bicyclic) bond motifs is 1. The fourth-order valence-corrected chi connectivity index (χ4v) is 5.47. The number of hydrogen-bond acceptors (Lipinski definition) is 4. The van der Waals surface area contributed by atoms with E-state index in [4.69, 9.17) is 0 Å². The third kappa shape index (κ3) is 4.84. The van der Waals surface area contributed by atoms with Gasteiger partial charge in [0.15, 0.2) is 0 Å². The van der Waals surface area contributed by atoms with E-state index in [1.165, 1.54) is 12.5 Å². The van der Waals surface area contributed by atoms with Crippen molar-refractivity contribution < 1.29 is 14.3 Å². The van der Waals surface area contributed by atoms with Crippen molar-refractivity contribution in [2.24, 2.45) is 5.92 Å². The van der Waals surface area contributed by atoms with Gasteiger partial charge in [-0.2, -0.15) is 0 Å². The minimum absolute atomic E-state index is 0.00876. The number of rotatable bonds is 8. The lowest BCUT2D eigenvalue weighted by molar-refractivity contribution is -0.142. The highest BCUT2D eigenvalue weighted by Crippen LogP contribution is 2.32. The summed E-state index contributed by atoms with van der Waals surface area (Å²) in [6.07, 6.45) is 9.66. The van der Waals surface area contributed by atoms with Gasteiger partial charge in [-0.1, -0.05) is 39.0 Å². The zero-order chi connectivity index (χ0) is 23.5. The zero-order valence-electron chi connectivity index (χ0n) is 19.3. The van der Waals surface area contributed by atoms with Gasteiger partial charge in [0.05, 0.1) is 22.5 Å². The van der Waals surface area contributed by atoms with E-state index in [0.717, 1.165) is 55.9 Å². The molecular weight excluding hydrogens is 425 g/mol. The first-order chi connectivity index (χ1) is 15.9. The van der Waals surface area contributed by atoms with Crippen LogP contribution in [0.15, 0.2) is 21.7 Å². The maximum atomic E-state index is 15.1. The van der Waals surface area contributed by atoms with Crippen molar-refractivity contribution in [3.63, 3.8) is 0 Å². The molecule has 180 valence electrons. The van der Waals surface area contributed by atoms with Gasteiger partial charge in [-0.05, 0) is 50.7 Å². The minimum atomic E-state index is -0.938. The van der Waals surface area contributed by atoms with Gasteiger partial charge in [-0.15, -0.1) is 0 Å². The summed E-state index contributed by atoms with van der Waals surface area (Å²) in [6, 6.07) is 3.04. The second-order valence-corrected chi connectivity index (χ2v) is 9.61. The Kier molecular flexibility index (Phi) is 7.20. The van der Waals surface area contributed by atoms with E-state index in [2.05, 4.69) is 5.32 Å². The zero-order valence-corrected chi connectivity index (χ0v) is 19.3. The van der Waals surface area contributed by atoms with Crippen molar-refractivity contribution in [2.75, 3.05) is 5.32 Å². The summed E-state index contributed by atoms with van der Waals surface area (Å²) in [4.78, 5) is 38.2. The number of aliphatic carboxylic acids is 1. The molecule has 0 radical (unpaired) electrons. The third-order valence-corrected chi connectivity index (χ3v) is 7.46. The van der Waals surface area contributed by atoms with Crippen molar-refractivity contribution in [1.82, 2.24) is 9.13 Å². The summed E-state index contributed by atoms with van der Waals surface area (Å²) < 4.78 is 17.9. The van der Waals surface area contributed by atoms with Gasteiger partial charge in [-0.3, -0.25) is 18.7 Å². The van der Waals surface area contributed by atoms with Gasteiger partial charge in [0.25, 0.3) is 5.56 Å². The molecule has 4 rings (SSSR count). The Morgan fingerprint density at radius 3 is 2.42 bits per heavy atom. The maximum Gasteiger partial charge on any atom is 0.331 e. The number of aromatic nitrogens is 2. The van der Waals surface area contributed by atoms with Gasteiger partial charge < -0.3 is 10.4 Å². The molecule has 1 unspecified atom stereocenters. The van der Waals surface area contributed by atoms with Gasteiger partial charge >= 0.3 is 11.7 Å². The molecular formula is C25H34FN3O4. The molecule has 0 amide bonds. The number of benzene rings is 1. The van der Waals surface area contributed by atoms with Crippen LogP contribution in [0.5, 0.6) is 0 Å². The number of nitrogens with zero attached hydrogens (tertiary/aromatic N) is 2. The predicted molar refractivity (Wildman–Crippen MR) is 126 cm³/mol. The monoisotopic (exact) mass is 459 g/mol. The number of carboxylic acids is 1. The predicted octanol–water partition coefficient (Wildman–Crippen LogP) is 4.66. The smallest absolute Gasteiger partial charge is 0.331 e. The van der Waals surface area contributed by atoms with E-state index < -0.39 is 29.0 Å². The summed E-state index contributed by atoms with van der Waals surface area (Å²) in [7, 11) is 0. The molecule has 1 heterocycles. The Morgan fingerprint density at radius 1 is 1.12 bits per heavy atom. The van der Waals surface area contributed by atoms with Crippen molar-refractivity contribution in [3.05, 3.63) is 38.8 Å². The van der Waals surface area contributed by atoms with Crippen LogP contribution < -0.4 is 16.6 Å². The molecule has 0 spiro atoms. The number of halogens is 1. The van der Waals surface area contributed by atoms with Gasteiger partial charge in [0, 0.05) is 18.6 Å². The summed E-state index contributed by atoms with van der Waals surface area (Å²) in [5.41, 5.74) is -0.157. The molecule has 1 aromatic carbocycles. The van der Waals surface area contributed by atoms with E-state index in [1.807, 2.05) is 0 Å². The number of hydrogen-bond donors (Lipinski definition) is 2. The standard InChI is InChI=1S/C25H34FN3O4/c1-2-16(24(31)32)12-13-28-23(30)19-14-20(26)21(27-17-8-4-3-5-9-17)15-22(19)29(25(28)33)18-10-6-7-11-18/h14-18,27H,2-13H2,1H3,(H,31,32). The summed E-state index contributed by atoms with van der Waals surface area (Å²) in [5.74, 6) is -2.07. The molecule has 8 heteroatoms. The molecule has 2 aliphatic carbocycles. The molecule has 2 fully saturated rings. The average molecular weight is 460 g/mol. The van der Waals surface area contributed by atoms with Gasteiger partial charge in [0.1, 0.15) is 5.82 Å². The summed E-state index contributed by atoms with van der Waals surface area (Å²) in [5, 5.41) is 12.8. The molecule has 0 bridgehead atoms. The first kappa shape index (κ1) is 23.5. The van der Waals surface area contributed by atoms with Crippen molar-refractivity contribution in [3.8, 4) is 0 Å². The lowest BCUT2D eigenvalue weighted by Gasteiger charge is -2.25. The van der Waals surface area contributed by atoms with Crippen LogP contribution in [0, 0.1) is 11.7 Å². The van der Waals surface area contributed by atoms with E-state index in [9.17, 15) is 19.5 Å². The Hall–Kier alpha value is -2.64. The number of carbonyl (C=O) groups is 1. The van der Waals surface area contributed by atoms with Crippen LogP contribution in [0.3, 0.4) is 0 Å². The highest BCUT2D eigenvalue weighted by molar-refractivity contribution is 5.82. The molecule has 2 N–H and O–H groups in total. The van der Waals surface area contributed by atoms with E-state index in [0.29, 0.717) is 17.6 Å². The maximum absolute atomic E-state index is 15.1. The van der Waals surface area contributed by atoms with Gasteiger partial charge in [0.2, 0.25) is 0 Å². The third-order valence-electron chi connectivity index (χ3n) is 7.46. The van der Waals surface area contributed by atoms with Crippen LogP contribution in [-0.4, -0.2) is 26.3 Å². The van der Waals surface area contributed by atoms with Gasteiger partial charge in [-0.25, -0.2) is 9.18 Å². The quantitative estimate of drug-likeness (QED) is 0.599. The second kappa shape index (κ2) is 10.1. The molecule has 33 heavy (non-hydrogen) atoms. The van der Waals surface area contributed by atoms with Crippen LogP contribution in [0.25, 0.3) is 10.9 Å². The molecule has 2 saturated carbocycles. The van der Waals surface area contributed by atoms with Crippen LogP contribution in [0.2, 0.25) is 0 Å². The van der Waals surface area contributed by atoms with Crippen LogP contribution in [-0.2, 0) is 11.3 Å². The molecule has 1 aromatic heterocycles. The SMILES string of the molecule is CCC(CCn1c(=O)c2cc(F)c(NC3CCCCC3)cc2n(C2CCCC2)c1=O)C(=O)O. The molecule has 0 saturated heterocycles. The first-order valence-electron chi connectivity index (χ1n) is 12.4. The molecule has 2 aliphatic rings. The molecule has 1 atom stereocenters. The fourth-order valence-electron chi connectivity index (χ4n) is 5.47. The Bertz CT molecular complexity index is 1130. The highest BCUT2D eigenvalue weighted by atomic mass is 19.1. The van der Waals surface area contributed by atoms with Crippen LogP contribution in [0.1, 0.15) is 83.6 Å². The Balaban J connectivity index is 1.80. The Morgan fingerprint density at radius 2 is 1.79 bits per heavy atom. The number of anilines is 1. The van der Waals surface area contributed by atoms with Crippen molar-refractivity contribution in [1.29, 1.82) is 0 Å². The summed E-state index contributed by atoms with van der Waals surface area (Å²) in [6.45, 7) is 1.78. The van der Waals surface area contributed by atoms with Crippen LogP contribution in [0.4, 0.5) is 10.1 Å². The average Bonchev–Trinajstić information content (AvgIpc) is 3.32. The molecule has 7 nitrogen and oxygen atoms in total. The number of nitrogens with one attached hydrogen (secondary N) is 1. The lowest BCUT2D eigenvalue weighted by atomic mass is 9.95.